The van der Waals surface area contributed by atoms with Crippen molar-refractivity contribution in [3.8, 4) is 5.75 Å². The summed E-state index contributed by atoms with van der Waals surface area (Å²) >= 11 is 0. The fraction of sp³-hybridized carbons (Fsp3) is 0.357. The fourth-order valence-corrected chi connectivity index (χ4v) is 1.44. The van der Waals surface area contributed by atoms with E-state index in [2.05, 4.69) is 5.32 Å². The van der Waals surface area contributed by atoms with E-state index in [0.29, 0.717) is 0 Å². The smallest absolute Gasteiger partial charge is 0.412 e. The van der Waals surface area contributed by atoms with E-state index < -0.39 is 23.6 Å². The number of rotatable bonds is 3. The van der Waals surface area contributed by atoms with E-state index in [1.165, 1.54) is 25.1 Å². The Morgan fingerprint density at radius 2 is 1.81 bits per heavy atom. The van der Waals surface area contributed by atoms with Crippen LogP contribution in [-0.4, -0.2) is 28.7 Å². The van der Waals surface area contributed by atoms with Gasteiger partial charge in [-0.15, -0.1) is 0 Å². The van der Waals surface area contributed by atoms with E-state index in [9.17, 15) is 14.4 Å². The van der Waals surface area contributed by atoms with Crippen LogP contribution in [-0.2, 0) is 9.53 Å². The summed E-state index contributed by atoms with van der Waals surface area (Å²) in [5, 5.41) is 11.5. The number of amides is 1. The molecule has 114 valence electrons. The molecule has 2 N–H and O–H groups in total. The van der Waals surface area contributed by atoms with Crippen LogP contribution in [0.15, 0.2) is 18.2 Å². The molecule has 1 aromatic rings. The van der Waals surface area contributed by atoms with Crippen molar-refractivity contribution in [2.24, 2.45) is 0 Å². The molecule has 1 amide bonds. The molecule has 21 heavy (non-hydrogen) atoms. The number of carboxylic acids is 1. The van der Waals surface area contributed by atoms with Gasteiger partial charge in [0, 0.05) is 12.6 Å². The average Bonchev–Trinajstić information content (AvgIpc) is 2.27. The second kappa shape index (κ2) is 6.25. The summed E-state index contributed by atoms with van der Waals surface area (Å²) in [5.74, 6) is -2.01. The van der Waals surface area contributed by atoms with Gasteiger partial charge in [0.1, 0.15) is 16.9 Å². The minimum Gasteiger partial charge on any atom is -0.478 e. The summed E-state index contributed by atoms with van der Waals surface area (Å²) in [6.45, 7) is 6.29. The van der Waals surface area contributed by atoms with E-state index in [4.69, 9.17) is 14.6 Å². The Kier molecular flexibility index (Phi) is 4.91. The van der Waals surface area contributed by atoms with Crippen molar-refractivity contribution >= 4 is 23.7 Å². The molecule has 1 aromatic carbocycles. The van der Waals surface area contributed by atoms with Crippen molar-refractivity contribution in [3.63, 3.8) is 0 Å². The third-order valence-electron chi connectivity index (χ3n) is 2.11. The molecule has 0 heterocycles. The maximum atomic E-state index is 11.6. The molecule has 0 aliphatic carbocycles. The molecule has 0 saturated heterocycles. The molecule has 7 nitrogen and oxygen atoms in total. The molecule has 0 unspecified atom stereocenters. The van der Waals surface area contributed by atoms with Crippen molar-refractivity contribution in [2.75, 3.05) is 5.32 Å². The van der Waals surface area contributed by atoms with E-state index in [1.807, 2.05) is 0 Å². The highest BCUT2D eigenvalue weighted by molar-refractivity contribution is 5.94. The zero-order chi connectivity index (χ0) is 16.2. The maximum Gasteiger partial charge on any atom is 0.412 e. The number of benzene rings is 1. The van der Waals surface area contributed by atoms with Crippen molar-refractivity contribution < 1.29 is 29.0 Å². The Labute approximate surface area is 121 Å². The predicted molar refractivity (Wildman–Crippen MR) is 74.6 cm³/mol. The molecular weight excluding hydrogens is 278 g/mol. The van der Waals surface area contributed by atoms with E-state index in [1.54, 1.807) is 20.8 Å². The van der Waals surface area contributed by atoms with Gasteiger partial charge in [-0.1, -0.05) is 0 Å². The SMILES string of the molecule is CC(=O)Oc1ccc(NC(=O)OC(C)(C)C)cc1C(=O)O. The summed E-state index contributed by atoms with van der Waals surface area (Å²) in [7, 11) is 0. The predicted octanol–water partition coefficient (Wildman–Crippen LogP) is 2.66. The first-order chi connectivity index (χ1) is 9.58. The first-order valence-corrected chi connectivity index (χ1v) is 6.14. The fourth-order valence-electron chi connectivity index (χ4n) is 1.44. The standard InChI is InChI=1S/C14H17NO6/c1-8(16)20-11-6-5-9(7-10(11)12(17)18)15-13(19)21-14(2,3)4/h5-7H,1-4H3,(H,15,19)(H,17,18). The monoisotopic (exact) mass is 295 g/mol. The molecule has 0 aliphatic rings. The first kappa shape index (κ1) is 16.5. The number of aromatic carboxylic acids is 1. The van der Waals surface area contributed by atoms with Crippen LogP contribution >= 0.6 is 0 Å². The van der Waals surface area contributed by atoms with Gasteiger partial charge in [0.2, 0.25) is 0 Å². The lowest BCUT2D eigenvalue weighted by molar-refractivity contribution is -0.131. The maximum absolute atomic E-state index is 11.6. The average molecular weight is 295 g/mol. The van der Waals surface area contributed by atoms with Crippen LogP contribution in [0.5, 0.6) is 5.75 Å². The second-order valence-corrected chi connectivity index (χ2v) is 5.24. The van der Waals surface area contributed by atoms with Gasteiger partial charge in [-0.25, -0.2) is 9.59 Å². The van der Waals surface area contributed by atoms with Crippen LogP contribution < -0.4 is 10.1 Å². The van der Waals surface area contributed by atoms with Gasteiger partial charge in [0.05, 0.1) is 0 Å². The van der Waals surface area contributed by atoms with Gasteiger partial charge in [-0.3, -0.25) is 10.1 Å². The van der Waals surface area contributed by atoms with Crippen LogP contribution in [0, 0.1) is 0 Å². The van der Waals surface area contributed by atoms with Crippen LogP contribution in [0.1, 0.15) is 38.1 Å². The number of anilines is 1. The number of hydrogen-bond acceptors (Lipinski definition) is 5. The normalized spacial score (nSPS) is 10.7. The Balaban J connectivity index is 2.96. The van der Waals surface area contributed by atoms with Crippen molar-refractivity contribution in [2.45, 2.75) is 33.3 Å². The van der Waals surface area contributed by atoms with Crippen LogP contribution in [0.4, 0.5) is 10.5 Å². The Bertz CT molecular complexity index is 573. The van der Waals surface area contributed by atoms with Gasteiger partial charge in [-0.05, 0) is 39.0 Å². The minimum absolute atomic E-state index is 0.0928. The first-order valence-electron chi connectivity index (χ1n) is 6.14. The highest BCUT2D eigenvalue weighted by atomic mass is 16.6. The third-order valence-corrected chi connectivity index (χ3v) is 2.11. The number of carbonyl (C=O) groups is 3. The zero-order valence-electron chi connectivity index (χ0n) is 12.2. The molecular formula is C14H17NO6. The lowest BCUT2D eigenvalue weighted by Crippen LogP contribution is -2.27. The van der Waals surface area contributed by atoms with Crippen LogP contribution in [0.3, 0.4) is 0 Å². The summed E-state index contributed by atoms with van der Waals surface area (Å²) in [6.07, 6.45) is -0.709. The third kappa shape index (κ3) is 5.52. The highest BCUT2D eigenvalue weighted by Gasteiger charge is 2.18. The molecule has 0 radical (unpaired) electrons. The summed E-state index contributed by atoms with van der Waals surface area (Å²) in [6, 6.07) is 3.89. The van der Waals surface area contributed by atoms with E-state index in [0.717, 1.165) is 0 Å². The van der Waals surface area contributed by atoms with E-state index >= 15 is 0 Å². The Morgan fingerprint density at radius 1 is 1.19 bits per heavy atom. The molecule has 0 bridgehead atoms. The molecule has 0 spiro atoms. The minimum atomic E-state index is -1.28. The van der Waals surface area contributed by atoms with Gasteiger partial charge in [0.25, 0.3) is 0 Å². The molecule has 1 rings (SSSR count). The van der Waals surface area contributed by atoms with Gasteiger partial charge >= 0.3 is 18.0 Å². The lowest BCUT2D eigenvalue weighted by Gasteiger charge is -2.19. The molecule has 0 aromatic heterocycles. The quantitative estimate of drug-likeness (QED) is 0.656. The van der Waals surface area contributed by atoms with E-state index in [-0.39, 0.29) is 17.0 Å². The van der Waals surface area contributed by atoms with Crippen molar-refractivity contribution in [1.82, 2.24) is 0 Å². The second-order valence-electron chi connectivity index (χ2n) is 5.24. The number of esters is 1. The molecule has 0 atom stereocenters. The van der Waals surface area contributed by atoms with Gasteiger partial charge in [0.15, 0.2) is 0 Å². The molecule has 0 aliphatic heterocycles. The summed E-state index contributed by atoms with van der Waals surface area (Å²) in [5.41, 5.74) is -0.687. The number of carbonyl (C=O) groups excluding carboxylic acids is 2. The van der Waals surface area contributed by atoms with Crippen LogP contribution in [0.25, 0.3) is 0 Å². The zero-order valence-corrected chi connectivity index (χ0v) is 12.2. The Morgan fingerprint density at radius 3 is 2.29 bits per heavy atom. The highest BCUT2D eigenvalue weighted by Crippen LogP contribution is 2.23. The molecule has 0 fully saturated rings. The molecule has 0 saturated carbocycles. The van der Waals surface area contributed by atoms with Gasteiger partial charge < -0.3 is 14.6 Å². The molecule has 7 heteroatoms. The van der Waals surface area contributed by atoms with Crippen molar-refractivity contribution in [1.29, 1.82) is 0 Å². The Hall–Kier alpha value is -2.57. The number of nitrogens with one attached hydrogen (secondary N) is 1. The topological polar surface area (TPSA) is 102 Å². The van der Waals surface area contributed by atoms with Crippen LogP contribution in [0.2, 0.25) is 0 Å². The summed E-state index contributed by atoms with van der Waals surface area (Å²) < 4.78 is 9.84. The van der Waals surface area contributed by atoms with Crippen molar-refractivity contribution in [3.05, 3.63) is 23.8 Å². The summed E-state index contributed by atoms with van der Waals surface area (Å²) in [4.78, 5) is 33.6. The van der Waals surface area contributed by atoms with Gasteiger partial charge in [-0.2, -0.15) is 0 Å². The lowest BCUT2D eigenvalue weighted by atomic mass is 10.1. The largest absolute Gasteiger partial charge is 0.478 e. The number of hydrogen-bond donors (Lipinski definition) is 2. The number of ether oxygens (including phenoxy) is 2. The number of carboxylic acid groups (broad SMARTS) is 1.